The Kier molecular flexibility index (Phi) is 5.42. The van der Waals surface area contributed by atoms with Crippen LogP contribution in [0.15, 0.2) is 85.1 Å². The average Bonchev–Trinajstić information content (AvgIpc) is 2.84. The summed E-state index contributed by atoms with van der Waals surface area (Å²) in [5.74, 6) is -0.0157. The molecule has 31 heavy (non-hydrogen) atoms. The van der Waals surface area contributed by atoms with E-state index in [9.17, 15) is 4.79 Å². The first-order valence-electron chi connectivity index (χ1n) is 10.5. The number of ether oxygens (including phenoxy) is 1. The molecule has 5 nitrogen and oxygen atoms in total. The molecule has 0 bridgehead atoms. The summed E-state index contributed by atoms with van der Waals surface area (Å²) in [6, 6.07) is 25.9. The van der Waals surface area contributed by atoms with Gasteiger partial charge in [0.15, 0.2) is 0 Å². The predicted molar refractivity (Wildman–Crippen MR) is 120 cm³/mol. The Morgan fingerprint density at radius 2 is 1.81 bits per heavy atom. The molecule has 1 atom stereocenters. The van der Waals surface area contributed by atoms with Crippen molar-refractivity contribution in [2.75, 3.05) is 19.7 Å². The molecule has 0 radical (unpaired) electrons. The van der Waals surface area contributed by atoms with Crippen LogP contribution in [0, 0.1) is 0 Å². The monoisotopic (exact) mass is 409 g/mol. The van der Waals surface area contributed by atoms with Crippen LogP contribution in [0.3, 0.4) is 0 Å². The highest BCUT2D eigenvalue weighted by atomic mass is 16.5. The Hall–Kier alpha value is -3.57. The van der Waals surface area contributed by atoms with Gasteiger partial charge in [0.25, 0.3) is 5.91 Å². The van der Waals surface area contributed by atoms with Crippen molar-refractivity contribution in [3.05, 3.63) is 108 Å². The highest BCUT2D eigenvalue weighted by Crippen LogP contribution is 2.24. The summed E-state index contributed by atoms with van der Waals surface area (Å²) in [6.45, 7) is 1.52. The molecule has 0 spiro atoms. The molecular formula is C26H23N3O2. The second-order valence-corrected chi connectivity index (χ2v) is 7.71. The van der Waals surface area contributed by atoms with Gasteiger partial charge in [0, 0.05) is 30.2 Å². The first kappa shape index (κ1) is 19.4. The summed E-state index contributed by atoms with van der Waals surface area (Å²) in [6.07, 6.45) is 2.26. The van der Waals surface area contributed by atoms with Crippen molar-refractivity contribution < 1.29 is 9.53 Å². The van der Waals surface area contributed by atoms with Crippen molar-refractivity contribution in [1.29, 1.82) is 0 Å². The van der Waals surface area contributed by atoms with E-state index in [2.05, 4.69) is 17.1 Å². The number of carbonyl (C=O) groups excluding carboxylic acids is 1. The number of pyridine rings is 2. The van der Waals surface area contributed by atoms with Crippen molar-refractivity contribution in [2.24, 2.45) is 0 Å². The number of hydrogen-bond donors (Lipinski definition) is 0. The number of aromatic nitrogens is 2. The van der Waals surface area contributed by atoms with E-state index in [0.717, 1.165) is 28.7 Å². The molecule has 1 aliphatic rings. The number of rotatable bonds is 4. The molecule has 1 saturated heterocycles. The maximum absolute atomic E-state index is 13.3. The maximum atomic E-state index is 13.3. The van der Waals surface area contributed by atoms with Crippen molar-refractivity contribution in [3.63, 3.8) is 0 Å². The maximum Gasteiger partial charge on any atom is 0.256 e. The summed E-state index contributed by atoms with van der Waals surface area (Å²) in [7, 11) is 0. The molecule has 0 unspecified atom stereocenters. The summed E-state index contributed by atoms with van der Waals surface area (Å²) in [5.41, 5.74) is 4.44. The van der Waals surface area contributed by atoms with Gasteiger partial charge >= 0.3 is 0 Å². The third-order valence-electron chi connectivity index (χ3n) is 5.60. The van der Waals surface area contributed by atoms with Crippen LogP contribution in [0.5, 0.6) is 0 Å². The summed E-state index contributed by atoms with van der Waals surface area (Å²) < 4.78 is 6.00. The minimum atomic E-state index is -0.239. The fraction of sp³-hybridized carbons (Fsp3) is 0.192. The van der Waals surface area contributed by atoms with Crippen LogP contribution in [-0.4, -0.2) is 40.5 Å². The molecule has 154 valence electrons. The number of morpholine rings is 1. The number of amides is 1. The number of benzene rings is 2. The molecule has 2 aromatic heterocycles. The number of nitrogens with zero attached hydrogens (tertiary/aromatic N) is 3. The zero-order valence-corrected chi connectivity index (χ0v) is 17.1. The summed E-state index contributed by atoms with van der Waals surface area (Å²) in [5, 5.41) is 0.966. The van der Waals surface area contributed by atoms with E-state index in [4.69, 9.17) is 9.72 Å². The lowest BCUT2D eigenvalue weighted by atomic mass is 10.1. The van der Waals surface area contributed by atoms with Crippen LogP contribution in [0.25, 0.3) is 10.9 Å². The largest absolute Gasteiger partial charge is 0.368 e. The minimum Gasteiger partial charge on any atom is -0.368 e. The standard InChI is InChI=1S/C26H23N3O2/c30-26(22-12-4-9-20-10-6-14-27-25(20)22)29-15-16-31-24(18-29)23-13-5-11-21(28-23)17-19-7-2-1-3-8-19/h1-14,24H,15-18H2/t24-/m1/s1. The SMILES string of the molecule is O=C(c1cccc2cccnc12)N1CCO[C@@H](c2cccc(Cc3ccccc3)n2)C1. The van der Waals surface area contributed by atoms with Gasteiger partial charge in [0.05, 0.1) is 29.9 Å². The van der Waals surface area contributed by atoms with Crippen molar-refractivity contribution in [3.8, 4) is 0 Å². The molecule has 0 N–H and O–H groups in total. The first-order valence-corrected chi connectivity index (χ1v) is 10.5. The Morgan fingerprint density at radius 3 is 2.71 bits per heavy atom. The molecule has 5 rings (SSSR count). The summed E-state index contributed by atoms with van der Waals surface area (Å²) >= 11 is 0. The van der Waals surface area contributed by atoms with E-state index >= 15 is 0 Å². The molecule has 3 heterocycles. The quantitative estimate of drug-likeness (QED) is 0.500. The van der Waals surface area contributed by atoms with Gasteiger partial charge in [-0.05, 0) is 29.8 Å². The molecule has 1 amide bonds. The highest BCUT2D eigenvalue weighted by molar-refractivity contribution is 6.05. The summed E-state index contributed by atoms with van der Waals surface area (Å²) in [4.78, 5) is 24.4. The molecule has 1 aliphatic heterocycles. The average molecular weight is 409 g/mol. The zero-order chi connectivity index (χ0) is 21.0. The predicted octanol–water partition coefficient (Wildman–Crippen LogP) is 4.43. The number of fused-ring (bicyclic) bond motifs is 1. The van der Waals surface area contributed by atoms with E-state index in [1.54, 1.807) is 6.20 Å². The first-order chi connectivity index (χ1) is 15.3. The Morgan fingerprint density at radius 1 is 0.968 bits per heavy atom. The molecular weight excluding hydrogens is 386 g/mol. The molecule has 2 aromatic carbocycles. The second kappa shape index (κ2) is 8.66. The van der Waals surface area contributed by atoms with Crippen LogP contribution >= 0.6 is 0 Å². The molecule has 5 heteroatoms. The lowest BCUT2D eigenvalue weighted by molar-refractivity contribution is -0.0247. The Labute approximate surface area is 181 Å². The number of para-hydroxylation sites is 1. The van der Waals surface area contributed by atoms with Crippen LogP contribution < -0.4 is 0 Å². The lowest BCUT2D eigenvalue weighted by Crippen LogP contribution is -2.42. The van der Waals surface area contributed by atoms with Gasteiger partial charge in [-0.15, -0.1) is 0 Å². The van der Waals surface area contributed by atoms with Crippen LogP contribution in [0.1, 0.15) is 33.4 Å². The second-order valence-electron chi connectivity index (χ2n) is 7.71. The van der Waals surface area contributed by atoms with Gasteiger partial charge in [0.1, 0.15) is 6.10 Å². The number of carbonyl (C=O) groups is 1. The van der Waals surface area contributed by atoms with E-state index in [1.165, 1.54) is 5.56 Å². The fourth-order valence-electron chi connectivity index (χ4n) is 4.04. The fourth-order valence-corrected chi connectivity index (χ4v) is 4.04. The van der Waals surface area contributed by atoms with E-state index in [0.29, 0.717) is 25.3 Å². The molecule has 4 aromatic rings. The molecule has 1 fully saturated rings. The Bertz CT molecular complexity index is 1200. The minimum absolute atomic E-state index is 0.0157. The highest BCUT2D eigenvalue weighted by Gasteiger charge is 2.28. The van der Waals surface area contributed by atoms with Gasteiger partial charge in [-0.3, -0.25) is 14.8 Å². The number of hydrogen-bond acceptors (Lipinski definition) is 4. The van der Waals surface area contributed by atoms with Gasteiger partial charge in [-0.1, -0.05) is 54.6 Å². The van der Waals surface area contributed by atoms with Crippen LogP contribution in [0.2, 0.25) is 0 Å². The van der Waals surface area contributed by atoms with Crippen molar-refractivity contribution in [1.82, 2.24) is 14.9 Å². The molecule has 0 aliphatic carbocycles. The van der Waals surface area contributed by atoms with Gasteiger partial charge in [-0.2, -0.15) is 0 Å². The smallest absolute Gasteiger partial charge is 0.256 e. The van der Waals surface area contributed by atoms with Gasteiger partial charge in [0.2, 0.25) is 0 Å². The van der Waals surface area contributed by atoms with E-state index < -0.39 is 0 Å². The third kappa shape index (κ3) is 4.18. The Balaban J connectivity index is 1.36. The van der Waals surface area contributed by atoms with Crippen molar-refractivity contribution >= 4 is 16.8 Å². The van der Waals surface area contributed by atoms with Crippen LogP contribution in [0.4, 0.5) is 0 Å². The molecule has 0 saturated carbocycles. The van der Waals surface area contributed by atoms with Gasteiger partial charge < -0.3 is 9.64 Å². The third-order valence-corrected chi connectivity index (χ3v) is 5.60. The normalized spacial score (nSPS) is 16.4. The van der Waals surface area contributed by atoms with Crippen molar-refractivity contribution in [2.45, 2.75) is 12.5 Å². The van der Waals surface area contributed by atoms with E-state index in [-0.39, 0.29) is 12.0 Å². The van der Waals surface area contributed by atoms with E-state index in [1.807, 2.05) is 71.6 Å². The topological polar surface area (TPSA) is 55.3 Å². The lowest BCUT2D eigenvalue weighted by Gasteiger charge is -2.33. The van der Waals surface area contributed by atoms with Crippen LogP contribution in [-0.2, 0) is 11.2 Å². The zero-order valence-electron chi connectivity index (χ0n) is 17.1. The van der Waals surface area contributed by atoms with Gasteiger partial charge in [-0.25, -0.2) is 0 Å².